The van der Waals surface area contributed by atoms with E-state index in [4.69, 9.17) is 15.0 Å². The van der Waals surface area contributed by atoms with Crippen LogP contribution in [-0.2, 0) is 6.42 Å². The summed E-state index contributed by atoms with van der Waals surface area (Å²) in [5.41, 5.74) is 8.70. The van der Waals surface area contributed by atoms with Crippen molar-refractivity contribution >= 4 is 27.8 Å². The molecule has 8 rings (SSSR count). The first-order valence-electron chi connectivity index (χ1n) is 14.7. The average Bonchev–Trinajstić information content (AvgIpc) is 3.07. The molecule has 0 N–H and O–H groups in total. The van der Waals surface area contributed by atoms with Crippen LogP contribution in [-0.4, -0.2) is 19.9 Å². The molecule has 1 aliphatic rings. The molecule has 2 heterocycles. The zero-order valence-corrected chi connectivity index (χ0v) is 23.8. The summed E-state index contributed by atoms with van der Waals surface area (Å²) in [6.45, 7) is 2.25. The Balaban J connectivity index is 1.25. The summed E-state index contributed by atoms with van der Waals surface area (Å²) in [6, 6.07) is 40.1. The van der Waals surface area contributed by atoms with Crippen LogP contribution in [0.4, 0.5) is 0 Å². The molecular formula is C39H28N4. The molecule has 1 aliphatic carbocycles. The summed E-state index contributed by atoms with van der Waals surface area (Å²) in [7, 11) is 0. The van der Waals surface area contributed by atoms with Crippen LogP contribution >= 0.6 is 0 Å². The molecule has 0 saturated carbocycles. The minimum absolute atomic E-state index is 0.550. The Labute approximate surface area is 250 Å². The van der Waals surface area contributed by atoms with Crippen molar-refractivity contribution in [3.63, 3.8) is 0 Å². The van der Waals surface area contributed by atoms with Crippen molar-refractivity contribution in [2.75, 3.05) is 0 Å². The predicted octanol–water partition coefficient (Wildman–Crippen LogP) is 9.45. The van der Waals surface area contributed by atoms with Crippen molar-refractivity contribution < 1.29 is 0 Å². The minimum atomic E-state index is 0.550. The summed E-state index contributed by atoms with van der Waals surface area (Å²) in [4.78, 5) is 19.7. The number of rotatable bonds is 4. The molecule has 4 nitrogen and oxygen atoms in total. The summed E-state index contributed by atoms with van der Waals surface area (Å²) in [5.74, 6) is 2.53. The van der Waals surface area contributed by atoms with E-state index in [0.29, 0.717) is 23.4 Å². The van der Waals surface area contributed by atoms with Crippen molar-refractivity contribution in [2.45, 2.75) is 13.3 Å². The normalized spacial score (nSPS) is 14.2. The fraction of sp³-hybridized carbons (Fsp3) is 0.0769. The van der Waals surface area contributed by atoms with E-state index in [9.17, 15) is 0 Å². The lowest BCUT2D eigenvalue weighted by atomic mass is 9.89. The number of hydrogen-bond acceptors (Lipinski definition) is 4. The Morgan fingerprint density at radius 3 is 2.05 bits per heavy atom. The molecule has 0 amide bonds. The highest BCUT2D eigenvalue weighted by molar-refractivity contribution is 5.93. The van der Waals surface area contributed by atoms with Gasteiger partial charge in [0.05, 0.1) is 5.52 Å². The minimum Gasteiger partial charge on any atom is -0.256 e. The van der Waals surface area contributed by atoms with Gasteiger partial charge in [0, 0.05) is 33.8 Å². The van der Waals surface area contributed by atoms with Crippen molar-refractivity contribution in [1.29, 1.82) is 0 Å². The van der Waals surface area contributed by atoms with Crippen LogP contribution in [0.2, 0.25) is 0 Å². The van der Waals surface area contributed by atoms with E-state index in [0.717, 1.165) is 50.5 Å². The van der Waals surface area contributed by atoms with Crippen LogP contribution < -0.4 is 0 Å². The lowest BCUT2D eigenvalue weighted by molar-refractivity contribution is 0.717. The molecular weight excluding hydrogens is 524 g/mol. The summed E-state index contributed by atoms with van der Waals surface area (Å²) in [5, 5.41) is 3.47. The van der Waals surface area contributed by atoms with Gasteiger partial charge in [-0.25, -0.2) is 15.0 Å². The fourth-order valence-corrected chi connectivity index (χ4v) is 5.99. The Hall–Kier alpha value is -5.48. The van der Waals surface area contributed by atoms with E-state index in [1.807, 2.05) is 12.3 Å². The third kappa shape index (κ3) is 4.77. The van der Waals surface area contributed by atoms with E-state index in [-0.39, 0.29) is 0 Å². The molecule has 5 aromatic carbocycles. The Bertz CT molecular complexity index is 2170. The van der Waals surface area contributed by atoms with E-state index < -0.39 is 0 Å². The zero-order chi connectivity index (χ0) is 28.8. The largest absolute Gasteiger partial charge is 0.256 e. The second kappa shape index (κ2) is 10.4. The molecule has 0 fully saturated rings. The topological polar surface area (TPSA) is 51.6 Å². The van der Waals surface area contributed by atoms with Crippen LogP contribution in [0.1, 0.15) is 18.1 Å². The number of fused-ring (bicyclic) bond motifs is 3. The van der Waals surface area contributed by atoms with Gasteiger partial charge in [-0.1, -0.05) is 116 Å². The quantitative estimate of drug-likeness (QED) is 0.218. The maximum absolute atomic E-state index is 5.02. The highest BCUT2D eigenvalue weighted by atomic mass is 15.0. The second-order valence-electron chi connectivity index (χ2n) is 11.3. The van der Waals surface area contributed by atoms with Gasteiger partial charge in [0.15, 0.2) is 17.5 Å². The van der Waals surface area contributed by atoms with E-state index >= 15 is 0 Å². The average molecular weight is 553 g/mol. The third-order valence-corrected chi connectivity index (χ3v) is 8.28. The van der Waals surface area contributed by atoms with Crippen LogP contribution in [0.3, 0.4) is 0 Å². The first-order chi connectivity index (χ1) is 21.2. The summed E-state index contributed by atoms with van der Waals surface area (Å²) in [6.07, 6.45) is 7.39. The molecule has 4 heteroatoms. The predicted molar refractivity (Wildman–Crippen MR) is 176 cm³/mol. The molecule has 0 bridgehead atoms. The first-order valence-corrected chi connectivity index (χ1v) is 14.7. The highest BCUT2D eigenvalue weighted by Gasteiger charge is 2.16. The number of benzene rings is 5. The summed E-state index contributed by atoms with van der Waals surface area (Å²) < 4.78 is 0. The number of pyridine rings is 1. The Morgan fingerprint density at radius 2 is 1.21 bits per heavy atom. The van der Waals surface area contributed by atoms with Crippen molar-refractivity contribution in [3.05, 3.63) is 139 Å². The van der Waals surface area contributed by atoms with Crippen molar-refractivity contribution in [2.24, 2.45) is 5.92 Å². The number of allylic oxidation sites excluding steroid dienone is 1. The van der Waals surface area contributed by atoms with Gasteiger partial charge in [-0.2, -0.15) is 0 Å². The highest BCUT2D eigenvalue weighted by Crippen LogP contribution is 2.32. The lowest BCUT2D eigenvalue weighted by Crippen LogP contribution is -2.04. The molecule has 0 radical (unpaired) electrons. The number of aromatic nitrogens is 4. The van der Waals surface area contributed by atoms with Gasteiger partial charge in [0.2, 0.25) is 0 Å². The maximum atomic E-state index is 5.02. The van der Waals surface area contributed by atoms with Crippen molar-refractivity contribution in [3.8, 4) is 45.3 Å². The maximum Gasteiger partial charge on any atom is 0.164 e. The molecule has 0 saturated heterocycles. The number of nitrogens with zero attached hydrogens (tertiary/aromatic N) is 4. The van der Waals surface area contributed by atoms with Crippen LogP contribution in [0.15, 0.2) is 128 Å². The Morgan fingerprint density at radius 1 is 0.558 bits per heavy atom. The number of hydrogen-bond donors (Lipinski definition) is 0. The monoisotopic (exact) mass is 552 g/mol. The summed E-state index contributed by atoms with van der Waals surface area (Å²) >= 11 is 0. The van der Waals surface area contributed by atoms with E-state index in [2.05, 4.69) is 133 Å². The smallest absolute Gasteiger partial charge is 0.164 e. The van der Waals surface area contributed by atoms with Gasteiger partial charge in [0.1, 0.15) is 0 Å². The molecule has 1 atom stereocenters. The molecule has 0 aliphatic heterocycles. The lowest BCUT2D eigenvalue weighted by Gasteiger charge is -2.16. The standard InChI is InChI=1S/C39H28N4/c1-25-11-12-32-24-34(20-18-31(32)22-25)39-42-37(41-38(43-39)33-19-13-26-6-2-3-7-30(26)23-33)29-16-14-27(15-17-29)35-10-4-8-28-9-5-21-40-36(28)35/h2-21,23-25H,22H2,1H3. The zero-order valence-electron chi connectivity index (χ0n) is 23.8. The second-order valence-corrected chi connectivity index (χ2v) is 11.3. The van der Waals surface area contributed by atoms with Crippen molar-refractivity contribution in [1.82, 2.24) is 19.9 Å². The van der Waals surface area contributed by atoms with Gasteiger partial charge in [0.25, 0.3) is 0 Å². The van der Waals surface area contributed by atoms with E-state index in [1.165, 1.54) is 16.5 Å². The molecule has 7 aromatic rings. The van der Waals surface area contributed by atoms with Gasteiger partial charge in [-0.05, 0) is 58.0 Å². The van der Waals surface area contributed by atoms with Gasteiger partial charge >= 0.3 is 0 Å². The Kier molecular flexibility index (Phi) is 6.11. The SMILES string of the molecule is CC1C=Cc2cc(-c3nc(-c4ccc(-c5cccc6cccnc56)cc4)nc(-c4ccc5ccccc5c4)n3)ccc2C1. The molecule has 43 heavy (non-hydrogen) atoms. The van der Waals surface area contributed by atoms with Gasteiger partial charge in [-0.15, -0.1) is 0 Å². The van der Waals surface area contributed by atoms with Gasteiger partial charge in [-0.3, -0.25) is 4.98 Å². The third-order valence-electron chi connectivity index (χ3n) is 8.28. The molecule has 204 valence electrons. The van der Waals surface area contributed by atoms with E-state index in [1.54, 1.807) is 0 Å². The number of para-hydroxylation sites is 1. The molecule has 2 aromatic heterocycles. The molecule has 1 unspecified atom stereocenters. The molecule has 0 spiro atoms. The van der Waals surface area contributed by atoms with Crippen LogP contribution in [0.5, 0.6) is 0 Å². The fourth-order valence-electron chi connectivity index (χ4n) is 5.99. The van der Waals surface area contributed by atoms with Gasteiger partial charge < -0.3 is 0 Å². The van der Waals surface area contributed by atoms with Crippen LogP contribution in [0.25, 0.3) is 73.0 Å². The first kappa shape index (κ1) is 25.2. The van der Waals surface area contributed by atoms with Crippen LogP contribution in [0, 0.1) is 5.92 Å².